The number of alkyl halides is 1. The molecule has 2 aliphatic rings. The Morgan fingerprint density at radius 2 is 2.00 bits per heavy atom. The Kier molecular flexibility index (Phi) is 4.37. The number of aromatic nitrogens is 3. The number of piperidine rings is 1. The first-order valence-corrected chi connectivity index (χ1v) is 10.2. The smallest absolute Gasteiger partial charge is 0.262 e. The Balaban J connectivity index is 1.68. The second kappa shape index (κ2) is 6.85. The molecule has 0 radical (unpaired) electrons. The van der Waals surface area contributed by atoms with E-state index < -0.39 is 11.3 Å². The number of amides is 1. The largest absolute Gasteiger partial charge is 0.364 e. The number of anilines is 1. The number of hydrogen-bond acceptors (Lipinski definition) is 5. The quantitative estimate of drug-likeness (QED) is 0.692. The second-order valence-corrected chi connectivity index (χ2v) is 8.20. The van der Waals surface area contributed by atoms with E-state index in [4.69, 9.17) is 9.84 Å². The van der Waals surface area contributed by atoms with E-state index in [-0.39, 0.29) is 12.5 Å². The number of nitrogens with one attached hydrogen (secondary N) is 2. The van der Waals surface area contributed by atoms with Gasteiger partial charge in [-0.1, -0.05) is 18.2 Å². The molecular weight excluding hydrogens is 385 g/mol. The Morgan fingerprint density at radius 1 is 1.23 bits per heavy atom. The first kappa shape index (κ1) is 19.1. The summed E-state index contributed by atoms with van der Waals surface area (Å²) in [5.41, 5.74) is 0.517. The van der Waals surface area contributed by atoms with Crippen LogP contribution in [0.2, 0.25) is 0 Å². The van der Waals surface area contributed by atoms with Crippen molar-refractivity contribution in [2.45, 2.75) is 37.6 Å². The van der Waals surface area contributed by atoms with Crippen molar-refractivity contribution >= 4 is 22.6 Å². The van der Waals surface area contributed by atoms with Crippen LogP contribution in [0.3, 0.4) is 0 Å². The fourth-order valence-electron chi connectivity index (χ4n) is 4.52. The maximum absolute atomic E-state index is 15.5. The average Bonchev–Trinajstić information content (AvgIpc) is 3.24. The molecule has 0 unspecified atom stereocenters. The zero-order chi connectivity index (χ0) is 20.9. The molecule has 1 atom stereocenters. The van der Waals surface area contributed by atoms with Crippen LogP contribution < -0.4 is 10.6 Å². The molecule has 5 rings (SSSR count). The minimum Gasteiger partial charge on any atom is -0.364 e. The lowest BCUT2D eigenvalue weighted by molar-refractivity contribution is -0.135. The molecule has 1 amide bonds. The molecule has 0 aliphatic carbocycles. The Bertz CT molecular complexity index is 1140. The summed E-state index contributed by atoms with van der Waals surface area (Å²) in [5, 5.41) is 11.8. The molecule has 2 N–H and O–H groups in total. The number of ether oxygens (including phenoxy) is 1. The lowest BCUT2D eigenvalue weighted by Crippen LogP contribution is -2.41. The molecular formula is C22H24FN5O2. The Hall–Kier alpha value is -2.84. The van der Waals surface area contributed by atoms with Gasteiger partial charge in [-0.15, -0.1) is 0 Å². The zero-order valence-corrected chi connectivity index (χ0v) is 17.0. The van der Waals surface area contributed by atoms with Crippen molar-refractivity contribution in [1.82, 2.24) is 20.1 Å². The topological polar surface area (TPSA) is 81.1 Å². The van der Waals surface area contributed by atoms with Crippen molar-refractivity contribution < 1.29 is 13.9 Å². The molecule has 156 valence electrons. The zero-order valence-electron chi connectivity index (χ0n) is 17.0. The Labute approximate surface area is 173 Å². The van der Waals surface area contributed by atoms with Gasteiger partial charge in [-0.3, -0.25) is 9.48 Å². The van der Waals surface area contributed by atoms with Crippen molar-refractivity contribution in [1.29, 1.82) is 0 Å². The average molecular weight is 409 g/mol. The lowest BCUT2D eigenvalue weighted by Gasteiger charge is -2.30. The summed E-state index contributed by atoms with van der Waals surface area (Å²) < 4.78 is 22.8. The van der Waals surface area contributed by atoms with E-state index in [1.165, 1.54) is 7.11 Å². The molecule has 4 heterocycles. The van der Waals surface area contributed by atoms with Crippen LogP contribution in [0.5, 0.6) is 0 Å². The molecule has 3 aromatic rings. The molecule has 0 saturated carbocycles. The highest BCUT2D eigenvalue weighted by molar-refractivity contribution is 6.07. The first-order chi connectivity index (χ1) is 14.5. The summed E-state index contributed by atoms with van der Waals surface area (Å²) >= 11 is 0. The predicted octanol–water partition coefficient (Wildman–Crippen LogP) is 3.00. The minimum atomic E-state index is -1.30. The van der Waals surface area contributed by atoms with Crippen LogP contribution in [-0.2, 0) is 21.7 Å². The monoisotopic (exact) mass is 409 g/mol. The van der Waals surface area contributed by atoms with Crippen molar-refractivity contribution in [2.75, 3.05) is 25.5 Å². The summed E-state index contributed by atoms with van der Waals surface area (Å²) in [6, 6.07) is 9.64. The summed E-state index contributed by atoms with van der Waals surface area (Å²) in [4.78, 5) is 16.9. The van der Waals surface area contributed by atoms with E-state index in [1.54, 1.807) is 17.8 Å². The number of carbonyl (C=O) groups is 1. The van der Waals surface area contributed by atoms with Gasteiger partial charge in [0.25, 0.3) is 5.91 Å². The van der Waals surface area contributed by atoms with Gasteiger partial charge in [0.2, 0.25) is 0 Å². The highest BCUT2D eigenvalue weighted by atomic mass is 19.1. The van der Waals surface area contributed by atoms with Crippen LogP contribution >= 0.6 is 0 Å². The van der Waals surface area contributed by atoms with Gasteiger partial charge in [0, 0.05) is 29.8 Å². The van der Waals surface area contributed by atoms with Gasteiger partial charge in [0.15, 0.2) is 5.60 Å². The summed E-state index contributed by atoms with van der Waals surface area (Å²) in [7, 11) is 1.51. The molecule has 1 aromatic carbocycles. The lowest BCUT2D eigenvalue weighted by atomic mass is 9.92. The van der Waals surface area contributed by atoms with Gasteiger partial charge < -0.3 is 15.4 Å². The van der Waals surface area contributed by atoms with Gasteiger partial charge in [0.05, 0.1) is 12.1 Å². The number of pyridine rings is 1. The third-order valence-electron chi connectivity index (χ3n) is 6.35. The second-order valence-electron chi connectivity index (χ2n) is 8.20. The van der Waals surface area contributed by atoms with Crippen LogP contribution in [0.1, 0.15) is 25.3 Å². The SMILES string of the molecule is CO[C@@]1(C)C(=O)Nc2nccc(-c3nn(CC4(F)CCNCC4)c4ccccc34)c21. The van der Waals surface area contributed by atoms with E-state index in [2.05, 4.69) is 15.6 Å². The molecule has 0 spiro atoms. The Morgan fingerprint density at radius 3 is 2.77 bits per heavy atom. The molecule has 1 fully saturated rings. The fourth-order valence-corrected chi connectivity index (χ4v) is 4.52. The third kappa shape index (κ3) is 2.82. The van der Waals surface area contributed by atoms with Crippen molar-refractivity contribution in [3.63, 3.8) is 0 Å². The maximum atomic E-state index is 15.5. The van der Waals surface area contributed by atoms with Gasteiger partial charge >= 0.3 is 0 Å². The normalized spacial score (nSPS) is 22.8. The van der Waals surface area contributed by atoms with E-state index >= 15 is 4.39 Å². The number of methoxy groups -OCH3 is 1. The van der Waals surface area contributed by atoms with Gasteiger partial charge in [-0.25, -0.2) is 9.37 Å². The summed E-state index contributed by atoms with van der Waals surface area (Å²) in [6.45, 7) is 3.26. The third-order valence-corrected chi connectivity index (χ3v) is 6.35. The van der Waals surface area contributed by atoms with Crippen LogP contribution in [-0.4, -0.2) is 46.5 Å². The number of fused-ring (bicyclic) bond motifs is 2. The van der Waals surface area contributed by atoms with Crippen LogP contribution in [0.15, 0.2) is 36.5 Å². The van der Waals surface area contributed by atoms with E-state index in [0.29, 0.717) is 43.0 Å². The molecule has 7 nitrogen and oxygen atoms in total. The number of benzene rings is 1. The maximum Gasteiger partial charge on any atom is 0.262 e. The number of halogens is 1. The fraction of sp³-hybridized carbons (Fsp3) is 0.409. The number of carbonyl (C=O) groups excluding carboxylic acids is 1. The van der Waals surface area contributed by atoms with Gasteiger partial charge in [0.1, 0.15) is 17.2 Å². The van der Waals surface area contributed by atoms with Crippen molar-refractivity contribution in [3.05, 3.63) is 42.1 Å². The van der Waals surface area contributed by atoms with E-state index in [9.17, 15) is 4.79 Å². The van der Waals surface area contributed by atoms with Gasteiger partial charge in [-0.05, 0) is 45.0 Å². The standard InChI is InChI=1S/C22H24FN5O2/c1-21(30-2)17-15(7-10-25-19(17)26-20(21)29)18-14-5-3-4-6-16(14)28(27-18)13-22(23)8-11-24-12-9-22/h3-7,10,24H,8-9,11-13H2,1-2H3,(H,25,26,29)/t21-/m1/s1. The van der Waals surface area contributed by atoms with Gasteiger partial charge in [-0.2, -0.15) is 5.10 Å². The number of rotatable bonds is 4. The molecule has 2 aliphatic heterocycles. The van der Waals surface area contributed by atoms with Crippen LogP contribution in [0.25, 0.3) is 22.2 Å². The first-order valence-electron chi connectivity index (χ1n) is 10.2. The minimum absolute atomic E-state index is 0.196. The van der Waals surface area contributed by atoms with Crippen LogP contribution in [0.4, 0.5) is 10.2 Å². The highest BCUT2D eigenvalue weighted by Gasteiger charge is 2.46. The summed E-state index contributed by atoms with van der Waals surface area (Å²) in [6.07, 6.45) is 2.57. The van der Waals surface area contributed by atoms with E-state index in [1.807, 2.05) is 30.3 Å². The number of hydrogen-bond donors (Lipinski definition) is 2. The number of para-hydroxylation sites is 1. The molecule has 2 aromatic heterocycles. The highest BCUT2D eigenvalue weighted by Crippen LogP contribution is 2.44. The molecule has 30 heavy (non-hydrogen) atoms. The van der Waals surface area contributed by atoms with Crippen LogP contribution in [0, 0.1) is 0 Å². The number of nitrogens with zero attached hydrogens (tertiary/aromatic N) is 3. The predicted molar refractivity (Wildman–Crippen MR) is 112 cm³/mol. The summed E-state index contributed by atoms with van der Waals surface area (Å²) in [5.74, 6) is 0.210. The van der Waals surface area contributed by atoms with Crippen molar-refractivity contribution in [2.24, 2.45) is 0 Å². The molecule has 0 bridgehead atoms. The van der Waals surface area contributed by atoms with Crippen molar-refractivity contribution in [3.8, 4) is 11.3 Å². The molecule has 8 heteroatoms. The van der Waals surface area contributed by atoms with E-state index in [0.717, 1.165) is 16.5 Å². The molecule has 1 saturated heterocycles.